The molecular weight excluding hydrogens is 357 g/mol. The normalized spacial score (nSPS) is 15.8. The predicted molar refractivity (Wildman–Crippen MR) is 98.3 cm³/mol. The van der Waals surface area contributed by atoms with Crippen LogP contribution in [-0.4, -0.2) is 35.7 Å². The van der Waals surface area contributed by atoms with Crippen molar-refractivity contribution in [3.8, 4) is 5.75 Å². The maximum Gasteiger partial charge on any atom is 0.338 e. The highest BCUT2D eigenvalue weighted by Crippen LogP contribution is 2.29. The van der Waals surface area contributed by atoms with Crippen molar-refractivity contribution < 1.29 is 19.0 Å². The summed E-state index contributed by atoms with van der Waals surface area (Å²) >= 11 is 6.01. The van der Waals surface area contributed by atoms with E-state index >= 15 is 0 Å². The van der Waals surface area contributed by atoms with Gasteiger partial charge in [-0.15, -0.1) is 0 Å². The molecule has 0 saturated carbocycles. The van der Waals surface area contributed by atoms with Gasteiger partial charge < -0.3 is 9.84 Å². The highest BCUT2D eigenvalue weighted by atomic mass is 35.5. The molecule has 1 fully saturated rings. The predicted octanol–water partition coefficient (Wildman–Crippen LogP) is 4.47. The Balaban J connectivity index is 1.49. The van der Waals surface area contributed by atoms with Crippen LogP contribution in [0, 0.1) is 11.7 Å². The van der Waals surface area contributed by atoms with Crippen LogP contribution in [0.4, 0.5) is 4.39 Å². The second kappa shape index (κ2) is 8.52. The Kier molecular flexibility index (Phi) is 6.12. The maximum atomic E-state index is 13.8. The van der Waals surface area contributed by atoms with E-state index < -0.39 is 17.3 Å². The zero-order valence-corrected chi connectivity index (χ0v) is 15.1. The van der Waals surface area contributed by atoms with Gasteiger partial charge in [-0.2, -0.15) is 0 Å². The Morgan fingerprint density at radius 2 is 1.92 bits per heavy atom. The minimum Gasteiger partial charge on any atom is -0.492 e. The van der Waals surface area contributed by atoms with Gasteiger partial charge in [0, 0.05) is 12.6 Å². The van der Waals surface area contributed by atoms with Gasteiger partial charge in [-0.25, -0.2) is 9.18 Å². The monoisotopic (exact) mass is 377 g/mol. The van der Waals surface area contributed by atoms with Crippen LogP contribution in [0.5, 0.6) is 5.75 Å². The van der Waals surface area contributed by atoms with Crippen LogP contribution in [0.2, 0.25) is 5.02 Å². The Bertz CT molecular complexity index is 761. The maximum absolute atomic E-state index is 13.8. The van der Waals surface area contributed by atoms with E-state index in [1.165, 1.54) is 5.56 Å². The molecule has 1 aliphatic rings. The lowest BCUT2D eigenvalue weighted by Crippen LogP contribution is -2.35. The average Bonchev–Trinajstić information content (AvgIpc) is 2.64. The van der Waals surface area contributed by atoms with Crippen molar-refractivity contribution in [2.45, 2.75) is 19.4 Å². The zero-order chi connectivity index (χ0) is 18.5. The van der Waals surface area contributed by atoms with Crippen LogP contribution in [0.3, 0.4) is 0 Å². The lowest BCUT2D eigenvalue weighted by atomic mass is 9.97. The number of likely N-dealkylation sites (tertiary alicyclic amines) is 1. The standard InChI is InChI=1S/C20H21ClFNO3/c21-17-10-16(20(24)25)18(22)11-19(17)26-13-15-6-8-23(9-7-15)12-14-4-2-1-3-5-14/h1-5,10-11,15H,6-9,12-13H2,(H,24,25). The van der Waals surface area contributed by atoms with Crippen LogP contribution < -0.4 is 4.74 Å². The third-order valence-corrected chi connectivity index (χ3v) is 4.98. The smallest absolute Gasteiger partial charge is 0.338 e. The molecule has 6 heteroatoms. The summed E-state index contributed by atoms with van der Waals surface area (Å²) in [7, 11) is 0. The molecule has 2 aromatic rings. The van der Waals surface area contributed by atoms with Crippen molar-refractivity contribution in [2.24, 2.45) is 5.92 Å². The first-order valence-electron chi connectivity index (χ1n) is 8.64. The van der Waals surface area contributed by atoms with E-state index in [1.54, 1.807) is 0 Å². The summed E-state index contributed by atoms with van der Waals surface area (Å²) in [6.07, 6.45) is 2.00. The van der Waals surface area contributed by atoms with E-state index in [0.29, 0.717) is 12.5 Å². The van der Waals surface area contributed by atoms with E-state index in [9.17, 15) is 9.18 Å². The van der Waals surface area contributed by atoms with E-state index in [2.05, 4.69) is 29.2 Å². The largest absolute Gasteiger partial charge is 0.492 e. The molecule has 4 nitrogen and oxygen atoms in total. The molecule has 0 spiro atoms. The number of aromatic carboxylic acids is 1. The Morgan fingerprint density at radius 1 is 1.23 bits per heavy atom. The summed E-state index contributed by atoms with van der Waals surface area (Å²) in [5.74, 6) is -1.61. The van der Waals surface area contributed by atoms with Crippen LogP contribution >= 0.6 is 11.6 Å². The second-order valence-electron chi connectivity index (χ2n) is 6.58. The number of benzene rings is 2. The van der Waals surface area contributed by atoms with Crippen LogP contribution in [0.15, 0.2) is 42.5 Å². The molecule has 2 aromatic carbocycles. The molecule has 1 aliphatic heterocycles. The summed E-state index contributed by atoms with van der Waals surface area (Å²) in [4.78, 5) is 13.3. The fourth-order valence-corrected chi connectivity index (χ4v) is 3.38. The first-order chi connectivity index (χ1) is 12.5. The molecule has 0 aliphatic carbocycles. The Morgan fingerprint density at radius 3 is 2.58 bits per heavy atom. The minimum atomic E-state index is -1.35. The molecule has 26 heavy (non-hydrogen) atoms. The van der Waals surface area contributed by atoms with Gasteiger partial charge in [0.2, 0.25) is 0 Å². The van der Waals surface area contributed by atoms with Crippen molar-refractivity contribution in [3.05, 3.63) is 64.4 Å². The van der Waals surface area contributed by atoms with E-state index in [1.807, 2.05) is 6.07 Å². The van der Waals surface area contributed by atoms with Crippen molar-refractivity contribution >= 4 is 17.6 Å². The van der Waals surface area contributed by atoms with Gasteiger partial charge in [0.25, 0.3) is 0 Å². The third-order valence-electron chi connectivity index (χ3n) is 4.68. The number of rotatable bonds is 6. The SMILES string of the molecule is O=C(O)c1cc(Cl)c(OCC2CCN(Cc3ccccc3)CC2)cc1F. The second-order valence-corrected chi connectivity index (χ2v) is 6.99. The molecule has 1 N–H and O–H groups in total. The number of ether oxygens (including phenoxy) is 1. The van der Waals surface area contributed by atoms with Gasteiger partial charge in [0.1, 0.15) is 11.6 Å². The van der Waals surface area contributed by atoms with Gasteiger partial charge in [-0.1, -0.05) is 41.9 Å². The number of carboxylic acids is 1. The summed E-state index contributed by atoms with van der Waals surface area (Å²) in [5, 5.41) is 9.02. The molecule has 0 aromatic heterocycles. The lowest BCUT2D eigenvalue weighted by Gasteiger charge is -2.31. The summed E-state index contributed by atoms with van der Waals surface area (Å²) in [5.41, 5.74) is 0.861. The molecule has 0 bridgehead atoms. The highest BCUT2D eigenvalue weighted by Gasteiger charge is 2.21. The summed E-state index contributed by atoms with van der Waals surface area (Å²) in [6.45, 7) is 3.37. The molecule has 138 valence electrons. The fourth-order valence-electron chi connectivity index (χ4n) is 3.16. The van der Waals surface area contributed by atoms with Gasteiger partial charge in [0.15, 0.2) is 0 Å². The van der Waals surface area contributed by atoms with Crippen molar-refractivity contribution in [1.29, 1.82) is 0 Å². The van der Waals surface area contributed by atoms with Gasteiger partial charge >= 0.3 is 5.97 Å². The Labute approximate surface area is 157 Å². The number of carboxylic acid groups (broad SMARTS) is 1. The fraction of sp³-hybridized carbons (Fsp3) is 0.350. The van der Waals surface area contributed by atoms with Crippen LogP contribution in [0.1, 0.15) is 28.8 Å². The van der Waals surface area contributed by atoms with Gasteiger partial charge in [-0.3, -0.25) is 4.90 Å². The van der Waals surface area contributed by atoms with E-state index in [-0.39, 0.29) is 10.8 Å². The van der Waals surface area contributed by atoms with Gasteiger partial charge in [0.05, 0.1) is 17.2 Å². The van der Waals surface area contributed by atoms with E-state index in [4.69, 9.17) is 21.4 Å². The number of carbonyl (C=O) groups is 1. The molecule has 0 radical (unpaired) electrons. The first kappa shape index (κ1) is 18.7. The third kappa shape index (κ3) is 4.74. The highest BCUT2D eigenvalue weighted by molar-refractivity contribution is 6.32. The number of nitrogens with zero attached hydrogens (tertiary/aromatic N) is 1. The molecule has 0 unspecified atom stereocenters. The van der Waals surface area contributed by atoms with Crippen LogP contribution in [-0.2, 0) is 6.54 Å². The topological polar surface area (TPSA) is 49.8 Å². The summed E-state index contributed by atoms with van der Waals surface area (Å²) < 4.78 is 19.4. The number of hydrogen-bond donors (Lipinski definition) is 1. The number of hydrogen-bond acceptors (Lipinski definition) is 3. The first-order valence-corrected chi connectivity index (χ1v) is 9.02. The van der Waals surface area contributed by atoms with Crippen molar-refractivity contribution in [1.82, 2.24) is 4.90 Å². The van der Waals surface area contributed by atoms with Crippen LogP contribution in [0.25, 0.3) is 0 Å². The van der Waals surface area contributed by atoms with Crippen molar-refractivity contribution in [2.75, 3.05) is 19.7 Å². The van der Waals surface area contributed by atoms with Crippen molar-refractivity contribution in [3.63, 3.8) is 0 Å². The molecular formula is C20H21ClFNO3. The minimum absolute atomic E-state index is 0.116. The average molecular weight is 378 g/mol. The molecule has 0 atom stereocenters. The summed E-state index contributed by atoms with van der Waals surface area (Å²) in [6, 6.07) is 12.5. The van der Waals surface area contributed by atoms with E-state index in [0.717, 1.165) is 44.6 Å². The number of piperidine rings is 1. The van der Waals surface area contributed by atoms with Gasteiger partial charge in [-0.05, 0) is 43.5 Å². The zero-order valence-electron chi connectivity index (χ0n) is 14.3. The lowest BCUT2D eigenvalue weighted by molar-refractivity contribution is 0.0691. The molecule has 1 saturated heterocycles. The molecule has 1 heterocycles. The quantitative estimate of drug-likeness (QED) is 0.807. The molecule has 3 rings (SSSR count). The number of halogens is 2. The Hall–Kier alpha value is -2.11. The molecule has 0 amide bonds.